The highest BCUT2D eigenvalue weighted by Gasteiger charge is 2.35. The number of H-pyrrole nitrogens is 1. The Morgan fingerprint density at radius 3 is 2.34 bits per heavy atom. The van der Waals surface area contributed by atoms with E-state index in [2.05, 4.69) is 56.1 Å². The highest BCUT2D eigenvalue weighted by atomic mass is 16.5. The van der Waals surface area contributed by atoms with Crippen molar-refractivity contribution in [1.82, 2.24) is 40.0 Å². The van der Waals surface area contributed by atoms with Gasteiger partial charge in [0.15, 0.2) is 17.3 Å². The Morgan fingerprint density at radius 1 is 1.00 bits per heavy atom. The zero-order chi connectivity index (χ0) is 26.9. The van der Waals surface area contributed by atoms with E-state index >= 15 is 0 Å². The van der Waals surface area contributed by atoms with Crippen molar-refractivity contribution >= 4 is 10.9 Å². The number of hydrogen-bond acceptors (Lipinski definition) is 9. The lowest BCUT2D eigenvalue weighted by Crippen LogP contribution is -2.49. The van der Waals surface area contributed by atoms with E-state index < -0.39 is 6.04 Å². The van der Waals surface area contributed by atoms with Gasteiger partial charge in [-0.1, -0.05) is 0 Å². The van der Waals surface area contributed by atoms with Crippen LogP contribution in [0.4, 0.5) is 0 Å². The number of nitrogens with zero attached hydrogens (tertiary/aromatic N) is 7. The van der Waals surface area contributed by atoms with Crippen LogP contribution >= 0.6 is 0 Å². The molecular weight excluding hydrogens is 484 g/mol. The molecule has 3 aromatic heterocycles. The van der Waals surface area contributed by atoms with Gasteiger partial charge in [0.1, 0.15) is 6.04 Å². The third-order valence-corrected chi connectivity index (χ3v) is 6.97. The van der Waals surface area contributed by atoms with Gasteiger partial charge in [-0.3, -0.25) is 19.6 Å². The molecule has 5 rings (SSSR count). The maximum atomic E-state index is 13.6. The summed E-state index contributed by atoms with van der Waals surface area (Å²) in [5.74, 6) is 1.80. The number of benzene rings is 1. The van der Waals surface area contributed by atoms with Gasteiger partial charge in [0, 0.05) is 62.1 Å². The highest BCUT2D eigenvalue weighted by molar-refractivity contribution is 5.83. The maximum Gasteiger partial charge on any atom is 0.253 e. The molecule has 1 aliphatic heterocycles. The van der Waals surface area contributed by atoms with E-state index in [9.17, 15) is 4.79 Å². The predicted molar refractivity (Wildman–Crippen MR) is 143 cm³/mol. The number of rotatable bonds is 7. The largest absolute Gasteiger partial charge is 0.493 e. The summed E-state index contributed by atoms with van der Waals surface area (Å²) in [6, 6.07) is 9.25. The number of methoxy groups -OCH3 is 2. The smallest absolute Gasteiger partial charge is 0.253 e. The van der Waals surface area contributed by atoms with Crippen LogP contribution in [0.3, 0.4) is 0 Å². The van der Waals surface area contributed by atoms with Gasteiger partial charge in [-0.05, 0) is 61.0 Å². The van der Waals surface area contributed by atoms with Crippen molar-refractivity contribution in [2.45, 2.75) is 38.9 Å². The Balaban J connectivity index is 1.54. The molecule has 0 saturated carbocycles. The van der Waals surface area contributed by atoms with Crippen molar-refractivity contribution in [2.75, 3.05) is 40.4 Å². The average molecular weight is 519 g/mol. The van der Waals surface area contributed by atoms with Crippen LogP contribution in [-0.4, -0.2) is 80.4 Å². The van der Waals surface area contributed by atoms with Gasteiger partial charge in [0.05, 0.1) is 25.3 Å². The van der Waals surface area contributed by atoms with Crippen molar-refractivity contribution in [3.63, 3.8) is 0 Å². The van der Waals surface area contributed by atoms with Crippen molar-refractivity contribution in [2.24, 2.45) is 0 Å². The van der Waals surface area contributed by atoms with Crippen LogP contribution in [0, 0.1) is 0 Å². The fourth-order valence-corrected chi connectivity index (χ4v) is 5.02. The van der Waals surface area contributed by atoms with Crippen molar-refractivity contribution in [1.29, 1.82) is 0 Å². The van der Waals surface area contributed by atoms with Crippen molar-refractivity contribution in [3.8, 4) is 11.5 Å². The normalized spacial score (nSPS) is 16.0. The molecule has 1 atom stereocenters. The summed E-state index contributed by atoms with van der Waals surface area (Å²) < 4.78 is 12.8. The fourth-order valence-electron chi connectivity index (χ4n) is 5.02. The van der Waals surface area contributed by atoms with Crippen LogP contribution < -0.4 is 15.0 Å². The van der Waals surface area contributed by atoms with Gasteiger partial charge in [-0.25, -0.2) is 4.68 Å². The molecule has 0 unspecified atom stereocenters. The molecule has 38 heavy (non-hydrogen) atoms. The third kappa shape index (κ3) is 5.11. The van der Waals surface area contributed by atoms with Crippen molar-refractivity contribution in [3.05, 3.63) is 70.0 Å². The van der Waals surface area contributed by atoms with Crippen LogP contribution in [0.5, 0.6) is 11.5 Å². The van der Waals surface area contributed by atoms with E-state index in [1.54, 1.807) is 20.3 Å². The molecule has 1 aromatic carbocycles. The average Bonchev–Trinajstić information content (AvgIpc) is 3.40. The SMILES string of the molecule is COc1cc2cc([C@H](c3nnnn3C(C)(C)C)N3CCN(Cc4ccncc4)CC3)c(=O)[nH]c2cc1OC. The molecular formula is C27H34N8O3. The number of tetrazole rings is 1. The second-order valence-corrected chi connectivity index (χ2v) is 10.5. The van der Waals surface area contributed by atoms with Gasteiger partial charge in [-0.15, -0.1) is 5.10 Å². The summed E-state index contributed by atoms with van der Waals surface area (Å²) in [6.07, 6.45) is 3.65. The monoisotopic (exact) mass is 518 g/mol. The Hall–Kier alpha value is -3.83. The van der Waals surface area contributed by atoms with E-state index in [-0.39, 0.29) is 11.1 Å². The zero-order valence-corrected chi connectivity index (χ0v) is 22.5. The standard InChI is InChI=1S/C27H34N8O3/c1-27(2,3)35-25(30-31-32-35)24(34-12-10-33(11-13-34)17-18-6-8-28-9-7-18)20-14-19-15-22(37-4)23(38-5)16-21(19)29-26(20)36/h6-9,14-16,24H,10-13,17H2,1-5H3,(H,29,36)/t24-/m1/s1. The molecule has 200 valence electrons. The second kappa shape index (κ2) is 10.5. The number of nitrogens with one attached hydrogen (secondary N) is 1. The van der Waals surface area contributed by atoms with E-state index in [4.69, 9.17) is 9.47 Å². The Kier molecular flexibility index (Phi) is 7.13. The molecule has 0 radical (unpaired) electrons. The first-order valence-electron chi connectivity index (χ1n) is 12.7. The molecule has 1 fully saturated rings. The number of pyridine rings is 2. The molecule has 0 aliphatic carbocycles. The second-order valence-electron chi connectivity index (χ2n) is 10.5. The van der Waals surface area contributed by atoms with Crippen LogP contribution in [0.2, 0.25) is 0 Å². The lowest BCUT2D eigenvalue weighted by Gasteiger charge is -2.39. The number of piperazine rings is 1. The van der Waals surface area contributed by atoms with Gasteiger partial charge in [0.2, 0.25) is 0 Å². The van der Waals surface area contributed by atoms with Gasteiger partial charge >= 0.3 is 0 Å². The molecule has 4 aromatic rings. The summed E-state index contributed by atoms with van der Waals surface area (Å²) >= 11 is 0. The first kappa shape index (κ1) is 25.8. The molecule has 0 bridgehead atoms. The van der Waals surface area contributed by atoms with Crippen LogP contribution in [0.15, 0.2) is 47.5 Å². The predicted octanol–water partition coefficient (Wildman–Crippen LogP) is 2.59. The first-order chi connectivity index (χ1) is 18.3. The topological polar surface area (TPSA) is 114 Å². The lowest BCUT2D eigenvalue weighted by atomic mass is 10.0. The molecule has 1 saturated heterocycles. The summed E-state index contributed by atoms with van der Waals surface area (Å²) in [5, 5.41) is 13.6. The summed E-state index contributed by atoms with van der Waals surface area (Å²) in [5.41, 5.74) is 1.95. The van der Waals surface area contributed by atoms with Gasteiger partial charge in [0.25, 0.3) is 5.56 Å². The Labute approximate surface area is 221 Å². The third-order valence-electron chi connectivity index (χ3n) is 6.97. The minimum absolute atomic E-state index is 0.183. The van der Waals surface area contributed by atoms with E-state index in [1.165, 1.54) is 5.56 Å². The molecule has 1 aliphatic rings. The lowest BCUT2D eigenvalue weighted by molar-refractivity contribution is 0.0975. The van der Waals surface area contributed by atoms with E-state index in [1.807, 2.05) is 41.3 Å². The van der Waals surface area contributed by atoms with Gasteiger partial charge < -0.3 is 14.5 Å². The minimum Gasteiger partial charge on any atom is -0.493 e. The zero-order valence-electron chi connectivity index (χ0n) is 22.5. The quantitative estimate of drug-likeness (QED) is 0.394. The number of fused-ring (bicyclic) bond motifs is 1. The minimum atomic E-state index is -0.423. The Morgan fingerprint density at radius 2 is 1.68 bits per heavy atom. The molecule has 11 heteroatoms. The highest BCUT2D eigenvalue weighted by Crippen LogP contribution is 2.34. The number of aromatic amines is 1. The van der Waals surface area contributed by atoms with Gasteiger partial charge in [-0.2, -0.15) is 0 Å². The van der Waals surface area contributed by atoms with Crippen LogP contribution in [0.25, 0.3) is 10.9 Å². The number of hydrogen-bond donors (Lipinski definition) is 1. The van der Waals surface area contributed by atoms with Crippen LogP contribution in [0.1, 0.15) is 43.8 Å². The Bertz CT molecular complexity index is 1450. The molecule has 1 N–H and O–H groups in total. The van der Waals surface area contributed by atoms with Crippen molar-refractivity contribution < 1.29 is 9.47 Å². The van der Waals surface area contributed by atoms with Crippen LogP contribution in [-0.2, 0) is 12.1 Å². The molecule has 4 heterocycles. The fraction of sp³-hybridized carbons (Fsp3) is 0.444. The molecule has 0 amide bonds. The molecule has 0 spiro atoms. The molecule has 11 nitrogen and oxygen atoms in total. The first-order valence-corrected chi connectivity index (χ1v) is 12.7. The summed E-state index contributed by atoms with van der Waals surface area (Å²) in [6.45, 7) is 10.2. The van der Waals surface area contributed by atoms with E-state index in [0.717, 1.165) is 38.1 Å². The number of ether oxygens (including phenoxy) is 2. The maximum absolute atomic E-state index is 13.6. The summed E-state index contributed by atoms with van der Waals surface area (Å²) in [7, 11) is 3.18. The number of aromatic nitrogens is 6. The summed E-state index contributed by atoms with van der Waals surface area (Å²) in [4.78, 5) is 25.5. The van der Waals surface area contributed by atoms with E-state index in [0.29, 0.717) is 28.4 Å².